The summed E-state index contributed by atoms with van der Waals surface area (Å²) in [6.45, 7) is 0.986. The molecule has 1 aliphatic carbocycles. The highest BCUT2D eigenvalue weighted by atomic mass is 32.2. The lowest BCUT2D eigenvalue weighted by molar-refractivity contribution is 0.472. The van der Waals surface area contributed by atoms with Gasteiger partial charge in [0.25, 0.3) is 0 Å². The first kappa shape index (κ1) is 12.1. The predicted molar refractivity (Wildman–Crippen MR) is 69.8 cm³/mol. The minimum absolute atomic E-state index is 0.0193. The minimum atomic E-state index is -3.34. The summed E-state index contributed by atoms with van der Waals surface area (Å²) in [5.74, 6) is 0. The summed E-state index contributed by atoms with van der Waals surface area (Å²) in [6, 6.07) is 5.53. The zero-order chi connectivity index (χ0) is 12.8. The Morgan fingerprint density at radius 2 is 2.00 bits per heavy atom. The van der Waals surface area contributed by atoms with E-state index in [-0.39, 0.29) is 6.04 Å². The van der Waals surface area contributed by atoms with Crippen LogP contribution in [0.5, 0.6) is 0 Å². The van der Waals surface area contributed by atoms with Crippen molar-refractivity contribution in [1.82, 2.24) is 4.31 Å². The third kappa shape index (κ3) is 1.96. The summed E-state index contributed by atoms with van der Waals surface area (Å²) in [6.07, 6.45) is 3.96. The van der Waals surface area contributed by atoms with Gasteiger partial charge in [-0.15, -0.1) is 0 Å². The molecule has 1 aromatic rings. The van der Waals surface area contributed by atoms with E-state index in [0.29, 0.717) is 18.0 Å². The first-order chi connectivity index (χ1) is 8.57. The van der Waals surface area contributed by atoms with Gasteiger partial charge in [0.05, 0.1) is 4.90 Å². The van der Waals surface area contributed by atoms with Crippen LogP contribution in [0.2, 0.25) is 0 Å². The molecule has 3 rings (SSSR count). The Morgan fingerprint density at radius 3 is 2.72 bits per heavy atom. The van der Waals surface area contributed by atoms with Crippen LogP contribution in [0.25, 0.3) is 0 Å². The second kappa shape index (κ2) is 4.33. The van der Waals surface area contributed by atoms with Gasteiger partial charge in [0, 0.05) is 19.1 Å². The Hall–Kier alpha value is -0.910. The number of nitrogens with two attached hydrogens (primary N) is 1. The van der Waals surface area contributed by atoms with Crippen molar-refractivity contribution in [3.8, 4) is 0 Å². The SMILES string of the molecule is N[C@H]1CCN(S(=O)(=O)c2ccc3c(c2)CCC3)C1. The normalized spacial score (nSPS) is 24.4. The summed E-state index contributed by atoms with van der Waals surface area (Å²) in [5.41, 5.74) is 8.28. The van der Waals surface area contributed by atoms with E-state index in [9.17, 15) is 8.42 Å². The van der Waals surface area contributed by atoms with Crippen molar-refractivity contribution in [3.63, 3.8) is 0 Å². The molecule has 0 spiro atoms. The van der Waals surface area contributed by atoms with Crippen LogP contribution in [0.1, 0.15) is 24.0 Å². The number of nitrogens with zero attached hydrogens (tertiary/aromatic N) is 1. The van der Waals surface area contributed by atoms with E-state index >= 15 is 0 Å². The highest BCUT2D eigenvalue weighted by molar-refractivity contribution is 7.89. The Balaban J connectivity index is 1.94. The molecule has 2 N–H and O–H groups in total. The fourth-order valence-electron chi connectivity index (χ4n) is 2.83. The smallest absolute Gasteiger partial charge is 0.243 e. The fraction of sp³-hybridized carbons (Fsp3) is 0.538. The second-order valence-electron chi connectivity index (χ2n) is 5.20. The van der Waals surface area contributed by atoms with Crippen LogP contribution >= 0.6 is 0 Å². The van der Waals surface area contributed by atoms with Crippen molar-refractivity contribution < 1.29 is 8.42 Å². The molecule has 0 radical (unpaired) electrons. The van der Waals surface area contributed by atoms with Gasteiger partial charge < -0.3 is 5.73 Å². The summed E-state index contributed by atoms with van der Waals surface area (Å²) in [4.78, 5) is 0.428. The summed E-state index contributed by atoms with van der Waals surface area (Å²) in [7, 11) is -3.34. The number of benzene rings is 1. The molecule has 0 amide bonds. The number of hydrogen-bond donors (Lipinski definition) is 1. The number of hydrogen-bond acceptors (Lipinski definition) is 3. The van der Waals surface area contributed by atoms with Crippen LogP contribution in [0.4, 0.5) is 0 Å². The van der Waals surface area contributed by atoms with Crippen LogP contribution in [-0.2, 0) is 22.9 Å². The monoisotopic (exact) mass is 266 g/mol. The van der Waals surface area contributed by atoms with Crippen LogP contribution in [0.15, 0.2) is 23.1 Å². The molecule has 4 nitrogen and oxygen atoms in total. The van der Waals surface area contributed by atoms with Gasteiger partial charge in [-0.25, -0.2) is 8.42 Å². The fourth-order valence-corrected chi connectivity index (χ4v) is 4.39. The zero-order valence-corrected chi connectivity index (χ0v) is 11.1. The largest absolute Gasteiger partial charge is 0.326 e. The molecule has 1 aliphatic heterocycles. The molecule has 1 fully saturated rings. The summed E-state index contributed by atoms with van der Waals surface area (Å²) >= 11 is 0. The third-order valence-corrected chi connectivity index (χ3v) is 5.76. The second-order valence-corrected chi connectivity index (χ2v) is 7.13. The first-order valence-corrected chi connectivity index (χ1v) is 7.89. The number of rotatable bonds is 2. The number of aryl methyl sites for hydroxylation is 2. The molecule has 18 heavy (non-hydrogen) atoms. The third-order valence-electron chi connectivity index (χ3n) is 3.90. The summed E-state index contributed by atoms with van der Waals surface area (Å²) < 4.78 is 26.4. The maximum atomic E-state index is 12.5. The van der Waals surface area contributed by atoms with Crippen molar-refractivity contribution in [2.75, 3.05) is 13.1 Å². The molecule has 0 saturated carbocycles. The highest BCUT2D eigenvalue weighted by Gasteiger charge is 2.31. The van der Waals surface area contributed by atoms with E-state index in [0.717, 1.165) is 25.7 Å². The van der Waals surface area contributed by atoms with Gasteiger partial charge in [-0.05, 0) is 48.9 Å². The highest BCUT2D eigenvalue weighted by Crippen LogP contribution is 2.27. The van der Waals surface area contributed by atoms with Crippen molar-refractivity contribution >= 4 is 10.0 Å². The molecule has 0 bridgehead atoms. The van der Waals surface area contributed by atoms with Gasteiger partial charge >= 0.3 is 0 Å². The molecular formula is C13H18N2O2S. The lowest BCUT2D eigenvalue weighted by Crippen LogP contribution is -2.32. The Labute approximate surface area is 108 Å². The molecular weight excluding hydrogens is 248 g/mol. The molecule has 1 heterocycles. The maximum absolute atomic E-state index is 12.5. The predicted octanol–water partition coefficient (Wildman–Crippen LogP) is 0.897. The zero-order valence-electron chi connectivity index (χ0n) is 10.3. The molecule has 1 aromatic carbocycles. The van der Waals surface area contributed by atoms with Gasteiger partial charge in [0.15, 0.2) is 0 Å². The van der Waals surface area contributed by atoms with E-state index in [1.165, 1.54) is 15.4 Å². The van der Waals surface area contributed by atoms with Crippen molar-refractivity contribution in [2.45, 2.75) is 36.6 Å². The average Bonchev–Trinajstić information content (AvgIpc) is 2.96. The van der Waals surface area contributed by atoms with Gasteiger partial charge in [0.1, 0.15) is 0 Å². The first-order valence-electron chi connectivity index (χ1n) is 6.45. The molecule has 98 valence electrons. The minimum Gasteiger partial charge on any atom is -0.326 e. The average molecular weight is 266 g/mol. The van der Waals surface area contributed by atoms with Crippen LogP contribution < -0.4 is 5.73 Å². The van der Waals surface area contributed by atoms with E-state index in [1.807, 2.05) is 12.1 Å². The topological polar surface area (TPSA) is 63.4 Å². The molecule has 1 saturated heterocycles. The van der Waals surface area contributed by atoms with Crippen molar-refractivity contribution in [2.24, 2.45) is 5.73 Å². The quantitative estimate of drug-likeness (QED) is 0.865. The van der Waals surface area contributed by atoms with Gasteiger partial charge in [-0.2, -0.15) is 4.31 Å². The van der Waals surface area contributed by atoms with Crippen LogP contribution in [0, 0.1) is 0 Å². The van der Waals surface area contributed by atoms with E-state index in [1.54, 1.807) is 6.07 Å². The number of fused-ring (bicyclic) bond motifs is 1. The Kier molecular flexibility index (Phi) is 2.92. The Bertz CT molecular complexity index is 568. The standard InChI is InChI=1S/C13H18N2O2S/c14-12-6-7-15(9-12)18(16,17)13-5-4-10-2-1-3-11(10)8-13/h4-5,8,12H,1-3,6-7,9,14H2/t12-/m0/s1. The lowest BCUT2D eigenvalue weighted by Gasteiger charge is -2.16. The maximum Gasteiger partial charge on any atom is 0.243 e. The van der Waals surface area contributed by atoms with Crippen molar-refractivity contribution in [1.29, 1.82) is 0 Å². The van der Waals surface area contributed by atoms with E-state index in [2.05, 4.69) is 0 Å². The molecule has 5 heteroatoms. The van der Waals surface area contributed by atoms with Gasteiger partial charge in [-0.1, -0.05) is 6.07 Å². The van der Waals surface area contributed by atoms with Crippen molar-refractivity contribution in [3.05, 3.63) is 29.3 Å². The summed E-state index contributed by atoms with van der Waals surface area (Å²) in [5, 5.41) is 0. The van der Waals surface area contributed by atoms with Crippen LogP contribution in [0.3, 0.4) is 0 Å². The molecule has 0 aromatic heterocycles. The molecule has 1 atom stereocenters. The molecule has 0 unspecified atom stereocenters. The van der Waals surface area contributed by atoms with Gasteiger partial charge in [-0.3, -0.25) is 0 Å². The van der Waals surface area contributed by atoms with Crippen LogP contribution in [-0.4, -0.2) is 31.9 Å². The lowest BCUT2D eigenvalue weighted by atomic mass is 10.1. The molecule has 2 aliphatic rings. The Morgan fingerprint density at radius 1 is 1.22 bits per heavy atom. The van der Waals surface area contributed by atoms with Gasteiger partial charge in [0.2, 0.25) is 10.0 Å². The van der Waals surface area contributed by atoms with E-state index < -0.39 is 10.0 Å². The number of sulfonamides is 1. The van der Waals surface area contributed by atoms with E-state index in [4.69, 9.17) is 5.73 Å².